The lowest BCUT2D eigenvalue weighted by Crippen LogP contribution is -2.28. The number of anilines is 1. The number of sulfonamides is 1. The molecular weight excluding hydrogens is 339 g/mol. The SMILES string of the molecule is CN(CCCC(=O)Nc1ccccc1F)S(=O)(=O)c1cccs1. The van der Waals surface area contributed by atoms with Crippen molar-refractivity contribution in [1.82, 2.24) is 4.31 Å². The Kier molecular flexibility index (Phi) is 5.86. The van der Waals surface area contributed by atoms with Crippen LogP contribution in [0.1, 0.15) is 12.8 Å². The fraction of sp³-hybridized carbons (Fsp3) is 0.267. The van der Waals surface area contributed by atoms with Gasteiger partial charge in [-0.1, -0.05) is 18.2 Å². The first-order valence-corrected chi connectivity index (χ1v) is 9.27. The summed E-state index contributed by atoms with van der Waals surface area (Å²) in [6, 6.07) is 9.11. The molecule has 23 heavy (non-hydrogen) atoms. The molecule has 0 saturated carbocycles. The molecule has 0 spiro atoms. The highest BCUT2D eigenvalue weighted by Gasteiger charge is 2.21. The second kappa shape index (κ2) is 7.67. The third kappa shape index (κ3) is 4.60. The summed E-state index contributed by atoms with van der Waals surface area (Å²) in [6.07, 6.45) is 0.458. The first kappa shape index (κ1) is 17.6. The van der Waals surface area contributed by atoms with Gasteiger partial charge in [-0.25, -0.2) is 17.1 Å². The van der Waals surface area contributed by atoms with Crippen LogP contribution < -0.4 is 5.32 Å². The number of hydrogen-bond donors (Lipinski definition) is 1. The molecule has 0 fully saturated rings. The van der Waals surface area contributed by atoms with E-state index in [0.717, 1.165) is 11.3 Å². The summed E-state index contributed by atoms with van der Waals surface area (Å²) in [4.78, 5) is 11.8. The molecule has 0 radical (unpaired) electrons. The van der Waals surface area contributed by atoms with Crippen LogP contribution in [0.15, 0.2) is 46.0 Å². The molecule has 5 nitrogen and oxygen atoms in total. The number of halogens is 1. The van der Waals surface area contributed by atoms with E-state index < -0.39 is 15.8 Å². The van der Waals surface area contributed by atoms with Gasteiger partial charge in [-0.05, 0) is 30.0 Å². The summed E-state index contributed by atoms with van der Waals surface area (Å²) in [7, 11) is -2.02. The van der Waals surface area contributed by atoms with Gasteiger partial charge >= 0.3 is 0 Å². The molecule has 8 heteroatoms. The number of benzene rings is 1. The van der Waals surface area contributed by atoms with Crippen LogP contribution in [0.2, 0.25) is 0 Å². The Bertz CT molecular complexity index is 761. The van der Waals surface area contributed by atoms with Crippen molar-refractivity contribution in [2.75, 3.05) is 18.9 Å². The van der Waals surface area contributed by atoms with Crippen molar-refractivity contribution in [1.29, 1.82) is 0 Å². The molecule has 1 amide bonds. The molecule has 1 aromatic heterocycles. The van der Waals surface area contributed by atoms with Crippen LogP contribution in [0, 0.1) is 5.82 Å². The van der Waals surface area contributed by atoms with E-state index in [0.29, 0.717) is 6.42 Å². The third-order valence-corrected chi connectivity index (χ3v) is 6.41. The summed E-state index contributed by atoms with van der Waals surface area (Å²) < 4.78 is 39.3. The zero-order chi connectivity index (χ0) is 16.9. The molecule has 0 aliphatic carbocycles. The second-order valence-corrected chi connectivity index (χ2v) is 8.11. The van der Waals surface area contributed by atoms with Gasteiger partial charge in [0.15, 0.2) is 0 Å². The summed E-state index contributed by atoms with van der Waals surface area (Å²) in [5.41, 5.74) is 0.122. The predicted octanol–water partition coefficient (Wildman–Crippen LogP) is 2.93. The Labute approximate surface area is 138 Å². The normalized spacial score (nSPS) is 11.6. The lowest BCUT2D eigenvalue weighted by atomic mass is 10.2. The Balaban J connectivity index is 1.83. The lowest BCUT2D eigenvalue weighted by Gasteiger charge is -2.15. The number of carbonyl (C=O) groups excluding carboxylic acids is 1. The number of hydrogen-bond acceptors (Lipinski definition) is 4. The average Bonchev–Trinajstić information content (AvgIpc) is 3.04. The van der Waals surface area contributed by atoms with Gasteiger partial charge in [-0.2, -0.15) is 0 Å². The van der Waals surface area contributed by atoms with Crippen molar-refractivity contribution in [3.8, 4) is 0 Å². The number of amides is 1. The summed E-state index contributed by atoms with van der Waals surface area (Å²) in [5.74, 6) is -0.852. The Morgan fingerprint density at radius 1 is 1.26 bits per heavy atom. The highest BCUT2D eigenvalue weighted by atomic mass is 32.2. The molecule has 0 aliphatic heterocycles. The highest BCUT2D eigenvalue weighted by Crippen LogP contribution is 2.20. The Morgan fingerprint density at radius 3 is 2.65 bits per heavy atom. The van der Waals surface area contributed by atoms with E-state index >= 15 is 0 Å². The monoisotopic (exact) mass is 356 g/mol. The van der Waals surface area contributed by atoms with E-state index in [9.17, 15) is 17.6 Å². The van der Waals surface area contributed by atoms with Gasteiger partial charge in [0, 0.05) is 20.0 Å². The highest BCUT2D eigenvalue weighted by molar-refractivity contribution is 7.91. The van der Waals surface area contributed by atoms with Crippen molar-refractivity contribution >= 4 is 33.0 Å². The smallest absolute Gasteiger partial charge is 0.252 e. The number of thiophene rings is 1. The summed E-state index contributed by atoms with van der Waals surface area (Å²) in [6.45, 7) is 0.213. The largest absolute Gasteiger partial charge is 0.324 e. The molecule has 2 rings (SSSR count). The molecule has 0 aliphatic rings. The van der Waals surface area contributed by atoms with Crippen molar-refractivity contribution in [2.45, 2.75) is 17.1 Å². The molecule has 0 atom stereocenters. The van der Waals surface area contributed by atoms with Crippen molar-refractivity contribution in [3.05, 3.63) is 47.6 Å². The van der Waals surface area contributed by atoms with Crippen LogP contribution in [0.25, 0.3) is 0 Å². The maximum absolute atomic E-state index is 13.4. The number of carbonyl (C=O) groups is 1. The molecule has 2 aromatic rings. The fourth-order valence-electron chi connectivity index (χ4n) is 1.92. The molecule has 1 heterocycles. The van der Waals surface area contributed by atoms with Crippen LogP contribution in [0.4, 0.5) is 10.1 Å². The van der Waals surface area contributed by atoms with Gasteiger partial charge < -0.3 is 5.32 Å². The molecular formula is C15H17FN2O3S2. The van der Waals surface area contributed by atoms with Gasteiger partial charge in [0.05, 0.1) is 5.69 Å². The van der Waals surface area contributed by atoms with E-state index in [-0.39, 0.29) is 28.8 Å². The average molecular weight is 356 g/mol. The van der Waals surface area contributed by atoms with Gasteiger partial charge in [-0.15, -0.1) is 11.3 Å². The lowest BCUT2D eigenvalue weighted by molar-refractivity contribution is -0.116. The van der Waals surface area contributed by atoms with E-state index in [1.54, 1.807) is 23.6 Å². The van der Waals surface area contributed by atoms with Crippen LogP contribution >= 0.6 is 11.3 Å². The first-order chi connectivity index (χ1) is 10.9. The fourth-order valence-corrected chi connectivity index (χ4v) is 4.33. The quantitative estimate of drug-likeness (QED) is 0.829. The maximum Gasteiger partial charge on any atom is 0.252 e. The number of nitrogens with one attached hydrogen (secondary N) is 1. The van der Waals surface area contributed by atoms with E-state index in [1.165, 1.54) is 29.6 Å². The zero-order valence-corrected chi connectivity index (χ0v) is 14.2. The molecule has 0 saturated heterocycles. The van der Waals surface area contributed by atoms with Crippen LogP contribution in [-0.4, -0.2) is 32.2 Å². The summed E-state index contributed by atoms with van der Waals surface area (Å²) in [5, 5.41) is 4.17. The molecule has 124 valence electrons. The Morgan fingerprint density at radius 2 is 2.00 bits per heavy atom. The molecule has 1 N–H and O–H groups in total. The minimum Gasteiger partial charge on any atom is -0.324 e. The first-order valence-electron chi connectivity index (χ1n) is 6.95. The number of rotatable bonds is 7. The van der Waals surface area contributed by atoms with Gasteiger partial charge in [0.25, 0.3) is 10.0 Å². The van der Waals surface area contributed by atoms with Crippen molar-refractivity contribution in [3.63, 3.8) is 0 Å². The van der Waals surface area contributed by atoms with Crippen molar-refractivity contribution < 1.29 is 17.6 Å². The second-order valence-electron chi connectivity index (χ2n) is 4.89. The molecule has 1 aromatic carbocycles. The van der Waals surface area contributed by atoms with Crippen LogP contribution in [0.5, 0.6) is 0 Å². The number of para-hydroxylation sites is 1. The van der Waals surface area contributed by atoms with Crippen molar-refractivity contribution in [2.24, 2.45) is 0 Å². The van der Waals surface area contributed by atoms with Gasteiger partial charge in [0.2, 0.25) is 5.91 Å². The third-order valence-electron chi connectivity index (χ3n) is 3.18. The Hall–Kier alpha value is -1.77. The standard InChI is InChI=1S/C15H17FN2O3S2/c1-18(23(20,21)15-9-5-11-22-15)10-4-8-14(19)17-13-7-3-2-6-12(13)16/h2-3,5-7,9,11H,4,8,10H2,1H3,(H,17,19). The molecule has 0 unspecified atom stereocenters. The zero-order valence-electron chi connectivity index (χ0n) is 12.5. The minimum atomic E-state index is -3.50. The van der Waals surface area contributed by atoms with E-state index in [1.807, 2.05) is 0 Å². The van der Waals surface area contributed by atoms with E-state index in [2.05, 4.69) is 5.32 Å². The van der Waals surface area contributed by atoms with Gasteiger partial charge in [0.1, 0.15) is 10.0 Å². The van der Waals surface area contributed by atoms with E-state index in [4.69, 9.17) is 0 Å². The minimum absolute atomic E-state index is 0.110. The summed E-state index contributed by atoms with van der Waals surface area (Å²) >= 11 is 1.15. The van der Waals surface area contributed by atoms with Gasteiger partial charge in [-0.3, -0.25) is 4.79 Å². The maximum atomic E-state index is 13.4. The number of nitrogens with zero attached hydrogens (tertiary/aromatic N) is 1. The predicted molar refractivity (Wildman–Crippen MR) is 88.4 cm³/mol. The van der Waals surface area contributed by atoms with Crippen LogP contribution in [-0.2, 0) is 14.8 Å². The van der Waals surface area contributed by atoms with Crippen LogP contribution in [0.3, 0.4) is 0 Å². The molecule has 0 bridgehead atoms. The topological polar surface area (TPSA) is 66.5 Å².